The second kappa shape index (κ2) is 5.44. The van der Waals surface area contributed by atoms with E-state index < -0.39 is 16.0 Å². The molecular weight excluding hydrogens is 301 g/mol. The molecule has 2 N–H and O–H groups in total. The normalized spacial score (nSPS) is 11.7. The molecule has 1 rings (SSSR count). The zero-order valence-electron chi connectivity index (χ0n) is 9.61. The van der Waals surface area contributed by atoms with Crippen LogP contribution in [-0.4, -0.2) is 20.5 Å². The molecule has 0 aliphatic rings. The van der Waals surface area contributed by atoms with Gasteiger partial charge in [0.1, 0.15) is 4.90 Å². The minimum absolute atomic E-state index is 0.00181. The Balaban J connectivity index is 3.41. The maximum Gasteiger partial charge on any atom is 0.341 e. The summed E-state index contributed by atoms with van der Waals surface area (Å²) in [7, 11) is -4.03. The highest BCUT2D eigenvalue weighted by Gasteiger charge is 2.24. The van der Waals surface area contributed by atoms with E-state index in [0.717, 1.165) is 6.07 Å². The number of rotatable bonds is 3. The molecule has 0 unspecified atom stereocenters. The largest absolute Gasteiger partial charge is 0.459 e. The number of halogens is 2. The van der Waals surface area contributed by atoms with Crippen molar-refractivity contribution in [2.45, 2.75) is 24.8 Å². The third kappa shape index (κ3) is 3.35. The maximum atomic E-state index is 11.7. The smallest absolute Gasteiger partial charge is 0.341 e. The lowest BCUT2D eigenvalue weighted by Gasteiger charge is -2.12. The Morgan fingerprint density at radius 3 is 2.33 bits per heavy atom. The third-order valence-electron chi connectivity index (χ3n) is 1.91. The van der Waals surface area contributed by atoms with E-state index in [-0.39, 0.29) is 26.6 Å². The van der Waals surface area contributed by atoms with Crippen molar-refractivity contribution >= 4 is 39.2 Å². The molecular formula is C10H11Cl2NO4S. The van der Waals surface area contributed by atoms with Crippen molar-refractivity contribution in [2.75, 3.05) is 0 Å². The van der Waals surface area contributed by atoms with Crippen LogP contribution in [0.2, 0.25) is 10.0 Å². The number of nitrogens with two attached hydrogens (primary N) is 1. The molecule has 100 valence electrons. The van der Waals surface area contributed by atoms with Gasteiger partial charge in [-0.3, -0.25) is 0 Å². The number of esters is 1. The molecule has 0 saturated carbocycles. The number of benzene rings is 1. The Bertz CT molecular complexity index is 584. The monoisotopic (exact) mass is 311 g/mol. The van der Waals surface area contributed by atoms with Crippen molar-refractivity contribution in [1.82, 2.24) is 0 Å². The Labute approximate surface area is 115 Å². The van der Waals surface area contributed by atoms with Gasteiger partial charge in [-0.1, -0.05) is 23.2 Å². The summed E-state index contributed by atoms with van der Waals surface area (Å²) in [5, 5.41) is 4.63. The van der Waals surface area contributed by atoms with Crippen LogP contribution in [0.1, 0.15) is 24.2 Å². The van der Waals surface area contributed by atoms with Gasteiger partial charge in [-0.15, -0.1) is 0 Å². The molecule has 0 amide bonds. The summed E-state index contributed by atoms with van der Waals surface area (Å²) in [6.07, 6.45) is -0.386. The molecule has 0 bridgehead atoms. The van der Waals surface area contributed by atoms with E-state index in [1.807, 2.05) is 0 Å². The topological polar surface area (TPSA) is 86.5 Å². The highest BCUT2D eigenvalue weighted by Crippen LogP contribution is 2.31. The summed E-state index contributed by atoms with van der Waals surface area (Å²) >= 11 is 11.6. The SMILES string of the molecule is CC(C)OC(=O)c1c(Cl)ccc(S(N)(=O)=O)c1Cl. The van der Waals surface area contributed by atoms with Gasteiger partial charge < -0.3 is 4.74 Å². The zero-order valence-corrected chi connectivity index (χ0v) is 11.9. The van der Waals surface area contributed by atoms with Gasteiger partial charge in [-0.2, -0.15) is 0 Å². The number of primary sulfonamides is 1. The van der Waals surface area contributed by atoms with Gasteiger partial charge in [0, 0.05) is 0 Å². The van der Waals surface area contributed by atoms with E-state index in [1.54, 1.807) is 13.8 Å². The lowest BCUT2D eigenvalue weighted by atomic mass is 10.2. The lowest BCUT2D eigenvalue weighted by molar-refractivity contribution is 0.0378. The Morgan fingerprint density at radius 2 is 1.89 bits per heavy atom. The quantitative estimate of drug-likeness (QED) is 0.867. The second-order valence-corrected chi connectivity index (χ2v) is 6.05. The van der Waals surface area contributed by atoms with Crippen LogP contribution in [0.15, 0.2) is 17.0 Å². The van der Waals surface area contributed by atoms with Crippen LogP contribution in [-0.2, 0) is 14.8 Å². The fourth-order valence-electron chi connectivity index (χ4n) is 1.21. The van der Waals surface area contributed by atoms with Crippen molar-refractivity contribution < 1.29 is 17.9 Å². The Morgan fingerprint density at radius 1 is 1.33 bits per heavy atom. The highest BCUT2D eigenvalue weighted by molar-refractivity contribution is 7.89. The van der Waals surface area contributed by atoms with Crippen molar-refractivity contribution in [3.05, 3.63) is 27.7 Å². The number of sulfonamides is 1. The third-order valence-corrected chi connectivity index (χ3v) is 3.68. The molecule has 0 fully saturated rings. The fourth-order valence-corrected chi connectivity index (χ4v) is 2.67. The van der Waals surface area contributed by atoms with Crippen LogP contribution in [0, 0.1) is 0 Å². The predicted molar refractivity (Wildman–Crippen MR) is 68.4 cm³/mol. The van der Waals surface area contributed by atoms with E-state index in [4.69, 9.17) is 33.1 Å². The molecule has 1 aromatic carbocycles. The van der Waals surface area contributed by atoms with Crippen LogP contribution >= 0.6 is 23.2 Å². The van der Waals surface area contributed by atoms with E-state index in [9.17, 15) is 13.2 Å². The molecule has 0 aliphatic heterocycles. The summed E-state index contributed by atoms with van der Waals surface area (Å²) in [4.78, 5) is 11.4. The van der Waals surface area contributed by atoms with Crippen molar-refractivity contribution in [3.8, 4) is 0 Å². The first kappa shape index (κ1) is 15.2. The van der Waals surface area contributed by atoms with E-state index in [2.05, 4.69) is 0 Å². The number of hydrogen-bond donors (Lipinski definition) is 1. The molecule has 0 radical (unpaired) electrons. The summed E-state index contributed by atoms with van der Waals surface area (Å²) in [5.41, 5.74) is -0.210. The lowest BCUT2D eigenvalue weighted by Crippen LogP contribution is -2.17. The van der Waals surface area contributed by atoms with Crippen molar-refractivity contribution in [3.63, 3.8) is 0 Å². The molecule has 0 aromatic heterocycles. The molecule has 0 atom stereocenters. The van der Waals surface area contributed by atoms with Gasteiger partial charge in [0.25, 0.3) is 0 Å². The van der Waals surface area contributed by atoms with Crippen LogP contribution in [0.4, 0.5) is 0 Å². The number of ether oxygens (including phenoxy) is 1. The minimum Gasteiger partial charge on any atom is -0.459 e. The van der Waals surface area contributed by atoms with Crippen molar-refractivity contribution in [2.24, 2.45) is 5.14 Å². The maximum absolute atomic E-state index is 11.7. The molecule has 1 aromatic rings. The fraction of sp³-hybridized carbons (Fsp3) is 0.300. The summed E-state index contributed by atoms with van der Waals surface area (Å²) in [6.45, 7) is 3.28. The van der Waals surface area contributed by atoms with E-state index in [0.29, 0.717) is 0 Å². The summed E-state index contributed by atoms with van der Waals surface area (Å²) in [6, 6.07) is 2.36. The average molecular weight is 312 g/mol. The molecule has 8 heteroatoms. The van der Waals surface area contributed by atoms with Gasteiger partial charge in [0.05, 0.1) is 21.7 Å². The van der Waals surface area contributed by atoms with Gasteiger partial charge in [-0.25, -0.2) is 18.4 Å². The highest BCUT2D eigenvalue weighted by atomic mass is 35.5. The first-order valence-corrected chi connectivity index (χ1v) is 7.16. The molecule has 0 saturated heterocycles. The van der Waals surface area contributed by atoms with Crippen LogP contribution in [0.5, 0.6) is 0 Å². The van der Waals surface area contributed by atoms with Crippen LogP contribution < -0.4 is 5.14 Å². The van der Waals surface area contributed by atoms with Crippen LogP contribution in [0.3, 0.4) is 0 Å². The van der Waals surface area contributed by atoms with Crippen molar-refractivity contribution in [1.29, 1.82) is 0 Å². The number of carbonyl (C=O) groups is 1. The van der Waals surface area contributed by atoms with Crippen LogP contribution in [0.25, 0.3) is 0 Å². The molecule has 18 heavy (non-hydrogen) atoms. The molecule has 0 heterocycles. The van der Waals surface area contributed by atoms with Gasteiger partial charge in [0.15, 0.2) is 0 Å². The first-order valence-electron chi connectivity index (χ1n) is 4.86. The minimum atomic E-state index is -4.03. The second-order valence-electron chi connectivity index (χ2n) is 3.73. The average Bonchev–Trinajstić information content (AvgIpc) is 2.13. The standard InChI is InChI=1S/C10H11Cl2NO4S/c1-5(2)17-10(14)8-6(11)3-4-7(9(8)12)18(13,15)16/h3-5H,1-2H3,(H2,13,15,16). The predicted octanol–water partition coefficient (Wildman–Crippen LogP) is 2.21. The number of carbonyl (C=O) groups excluding carboxylic acids is 1. The Kier molecular flexibility index (Phi) is 4.61. The molecule has 0 spiro atoms. The molecule has 5 nitrogen and oxygen atoms in total. The molecule has 0 aliphatic carbocycles. The van der Waals surface area contributed by atoms with Gasteiger partial charge in [0.2, 0.25) is 10.0 Å². The summed E-state index contributed by atoms with van der Waals surface area (Å²) in [5.74, 6) is -0.800. The number of hydrogen-bond acceptors (Lipinski definition) is 4. The van der Waals surface area contributed by atoms with Gasteiger partial charge in [-0.05, 0) is 26.0 Å². The zero-order chi connectivity index (χ0) is 14.1. The first-order chi connectivity index (χ1) is 8.14. The van der Waals surface area contributed by atoms with E-state index in [1.165, 1.54) is 6.07 Å². The van der Waals surface area contributed by atoms with E-state index >= 15 is 0 Å². The summed E-state index contributed by atoms with van der Waals surface area (Å²) < 4.78 is 27.4. The Hall–Kier alpha value is -0.820. The van der Waals surface area contributed by atoms with Gasteiger partial charge >= 0.3 is 5.97 Å².